The van der Waals surface area contributed by atoms with Gasteiger partial charge in [-0.25, -0.2) is 0 Å². The Morgan fingerprint density at radius 2 is 2.29 bits per heavy atom. The number of nitrogens with two attached hydrogens (primary N) is 1. The number of benzene rings is 1. The number of hydrogen-bond acceptors (Lipinski definition) is 3. The van der Waals surface area contributed by atoms with Crippen molar-refractivity contribution in [3.8, 4) is 11.5 Å². The zero-order valence-electron chi connectivity index (χ0n) is 7.67. The Kier molecular flexibility index (Phi) is 3.35. The summed E-state index contributed by atoms with van der Waals surface area (Å²) in [5.41, 5.74) is 6.09. The monoisotopic (exact) mass is 258 g/mol. The summed E-state index contributed by atoms with van der Waals surface area (Å²) < 4.78 is 5.49. The summed E-state index contributed by atoms with van der Waals surface area (Å²) in [7, 11) is 1.47. The molecule has 1 aromatic rings. The fourth-order valence-electron chi connectivity index (χ4n) is 1.10. The summed E-state index contributed by atoms with van der Waals surface area (Å²) in [6, 6.07) is 3.36. The van der Waals surface area contributed by atoms with Crippen molar-refractivity contribution in [3.63, 3.8) is 0 Å². The molecular weight excluding hydrogens is 248 g/mol. The fourth-order valence-corrected chi connectivity index (χ4v) is 1.59. The number of rotatable bonds is 3. The molecule has 0 bridgehead atoms. The average Bonchev–Trinajstić information content (AvgIpc) is 2.10. The molecule has 0 fully saturated rings. The Morgan fingerprint density at radius 1 is 1.64 bits per heavy atom. The predicted octanol–water partition coefficient (Wildman–Crippen LogP) is 1.64. The zero-order chi connectivity index (χ0) is 10.7. The van der Waals surface area contributed by atoms with Gasteiger partial charge in [0.25, 0.3) is 0 Å². The molecule has 0 spiro atoms. The minimum Gasteiger partial charge on any atom is -0.503 e. The van der Waals surface area contributed by atoms with Gasteiger partial charge in [0.05, 0.1) is 17.4 Å². The topological polar surface area (TPSA) is 79.3 Å². The molecule has 0 radical (unpaired) electrons. The van der Waals surface area contributed by atoms with E-state index in [4.69, 9.17) is 15.9 Å². The first-order chi connectivity index (χ1) is 6.54. The van der Waals surface area contributed by atoms with Gasteiger partial charge >= 0.3 is 0 Å². The smallest absolute Gasteiger partial charge is 0.172 e. The standard InChI is InChI=1S/C9H11BrN2O2/c1-14-7-3-5(4-8(11)12)2-6(10)9(7)13/h2-3,13H,4H2,1H3,(H3,11,12). The SMILES string of the molecule is COc1cc(CC(=N)N)cc(Br)c1O. The van der Waals surface area contributed by atoms with Crippen LogP contribution in [0.5, 0.6) is 11.5 Å². The Bertz CT molecular complexity index is 366. The fraction of sp³-hybridized carbons (Fsp3) is 0.222. The van der Waals surface area contributed by atoms with Gasteiger partial charge in [-0.1, -0.05) is 0 Å². The number of amidine groups is 1. The maximum absolute atomic E-state index is 9.50. The second-order valence-electron chi connectivity index (χ2n) is 2.83. The molecule has 0 atom stereocenters. The summed E-state index contributed by atoms with van der Waals surface area (Å²) in [5.74, 6) is 0.500. The Balaban J connectivity index is 3.09. The third-order valence-electron chi connectivity index (χ3n) is 1.70. The molecule has 1 rings (SSSR count). The number of nitrogens with one attached hydrogen (secondary N) is 1. The molecule has 0 heterocycles. The lowest BCUT2D eigenvalue weighted by Crippen LogP contribution is -2.12. The summed E-state index contributed by atoms with van der Waals surface area (Å²) in [5, 5.41) is 16.6. The lowest BCUT2D eigenvalue weighted by Gasteiger charge is -2.08. The van der Waals surface area contributed by atoms with Crippen molar-refractivity contribution in [1.82, 2.24) is 0 Å². The molecule has 4 N–H and O–H groups in total. The number of hydrogen-bond donors (Lipinski definition) is 3. The minimum atomic E-state index is 0.0554. The maximum Gasteiger partial charge on any atom is 0.172 e. The van der Waals surface area contributed by atoms with Crippen molar-refractivity contribution in [2.45, 2.75) is 6.42 Å². The van der Waals surface area contributed by atoms with Crippen LogP contribution in [-0.2, 0) is 6.42 Å². The average molecular weight is 259 g/mol. The number of phenols is 1. The van der Waals surface area contributed by atoms with Gasteiger partial charge in [-0.3, -0.25) is 5.41 Å². The van der Waals surface area contributed by atoms with Crippen molar-refractivity contribution in [2.24, 2.45) is 5.73 Å². The molecule has 5 heteroatoms. The van der Waals surface area contributed by atoms with E-state index in [9.17, 15) is 5.11 Å². The van der Waals surface area contributed by atoms with Crippen molar-refractivity contribution >= 4 is 21.8 Å². The third kappa shape index (κ3) is 2.38. The first-order valence-electron chi connectivity index (χ1n) is 3.93. The van der Waals surface area contributed by atoms with E-state index in [0.29, 0.717) is 16.6 Å². The number of phenolic OH excluding ortho intramolecular Hbond substituents is 1. The molecule has 0 aliphatic heterocycles. The van der Waals surface area contributed by atoms with Crippen LogP contribution in [0.1, 0.15) is 5.56 Å². The van der Waals surface area contributed by atoms with Crippen LogP contribution in [0, 0.1) is 5.41 Å². The molecule has 14 heavy (non-hydrogen) atoms. The minimum absolute atomic E-state index is 0.0554. The largest absolute Gasteiger partial charge is 0.503 e. The lowest BCUT2D eigenvalue weighted by molar-refractivity contribution is 0.371. The maximum atomic E-state index is 9.50. The van der Waals surface area contributed by atoms with E-state index < -0.39 is 0 Å². The van der Waals surface area contributed by atoms with Crippen LogP contribution in [-0.4, -0.2) is 18.1 Å². The van der Waals surface area contributed by atoms with E-state index in [1.54, 1.807) is 12.1 Å². The summed E-state index contributed by atoms with van der Waals surface area (Å²) in [4.78, 5) is 0. The van der Waals surface area contributed by atoms with Crippen molar-refractivity contribution < 1.29 is 9.84 Å². The molecule has 0 amide bonds. The molecule has 0 aliphatic rings. The second-order valence-corrected chi connectivity index (χ2v) is 3.68. The van der Waals surface area contributed by atoms with Gasteiger partial charge in [-0.05, 0) is 33.6 Å². The lowest BCUT2D eigenvalue weighted by atomic mass is 10.1. The molecule has 76 valence electrons. The Hall–Kier alpha value is -1.23. The first kappa shape index (κ1) is 10.8. The highest BCUT2D eigenvalue weighted by Crippen LogP contribution is 2.35. The molecule has 0 aromatic heterocycles. The van der Waals surface area contributed by atoms with Gasteiger partial charge in [0.15, 0.2) is 11.5 Å². The molecule has 0 saturated carbocycles. The van der Waals surface area contributed by atoms with E-state index in [0.717, 1.165) is 5.56 Å². The summed E-state index contributed by atoms with van der Waals surface area (Å²) in [6.07, 6.45) is 0.342. The van der Waals surface area contributed by atoms with Crippen LogP contribution >= 0.6 is 15.9 Å². The van der Waals surface area contributed by atoms with Gasteiger partial charge in [0, 0.05) is 6.42 Å². The number of halogens is 1. The van der Waals surface area contributed by atoms with E-state index in [2.05, 4.69) is 15.9 Å². The van der Waals surface area contributed by atoms with Crippen LogP contribution in [0.3, 0.4) is 0 Å². The summed E-state index contributed by atoms with van der Waals surface area (Å²) >= 11 is 3.19. The van der Waals surface area contributed by atoms with Crippen molar-refractivity contribution in [3.05, 3.63) is 22.2 Å². The van der Waals surface area contributed by atoms with E-state index in [1.807, 2.05) is 0 Å². The van der Waals surface area contributed by atoms with E-state index >= 15 is 0 Å². The highest BCUT2D eigenvalue weighted by Gasteiger charge is 2.08. The highest BCUT2D eigenvalue weighted by molar-refractivity contribution is 9.10. The Labute approximate surface area is 90.3 Å². The van der Waals surface area contributed by atoms with Gasteiger partial charge < -0.3 is 15.6 Å². The molecule has 0 saturated heterocycles. The van der Waals surface area contributed by atoms with Crippen LogP contribution < -0.4 is 10.5 Å². The van der Waals surface area contributed by atoms with Gasteiger partial charge in [-0.2, -0.15) is 0 Å². The van der Waals surface area contributed by atoms with E-state index in [-0.39, 0.29) is 11.6 Å². The normalized spacial score (nSPS) is 9.86. The quantitative estimate of drug-likeness (QED) is 0.570. The van der Waals surface area contributed by atoms with E-state index in [1.165, 1.54) is 7.11 Å². The van der Waals surface area contributed by atoms with Crippen molar-refractivity contribution in [2.75, 3.05) is 7.11 Å². The molecule has 1 aromatic carbocycles. The first-order valence-corrected chi connectivity index (χ1v) is 4.72. The zero-order valence-corrected chi connectivity index (χ0v) is 9.26. The van der Waals surface area contributed by atoms with Crippen LogP contribution in [0.25, 0.3) is 0 Å². The van der Waals surface area contributed by atoms with Gasteiger partial charge in [-0.15, -0.1) is 0 Å². The van der Waals surface area contributed by atoms with Crippen LogP contribution in [0.2, 0.25) is 0 Å². The summed E-state index contributed by atoms with van der Waals surface area (Å²) in [6.45, 7) is 0. The van der Waals surface area contributed by atoms with Crippen molar-refractivity contribution in [1.29, 1.82) is 5.41 Å². The van der Waals surface area contributed by atoms with Crippen LogP contribution in [0.4, 0.5) is 0 Å². The highest BCUT2D eigenvalue weighted by atomic mass is 79.9. The third-order valence-corrected chi connectivity index (χ3v) is 2.31. The van der Waals surface area contributed by atoms with Crippen LogP contribution in [0.15, 0.2) is 16.6 Å². The van der Waals surface area contributed by atoms with Gasteiger partial charge in [0.2, 0.25) is 0 Å². The Morgan fingerprint density at radius 3 is 2.79 bits per heavy atom. The number of ether oxygens (including phenoxy) is 1. The number of aromatic hydroxyl groups is 1. The molecular formula is C9H11BrN2O2. The second kappa shape index (κ2) is 4.32. The predicted molar refractivity (Wildman–Crippen MR) is 58.0 cm³/mol. The molecule has 0 unspecified atom stereocenters. The molecule has 4 nitrogen and oxygen atoms in total. The molecule has 0 aliphatic carbocycles. The van der Waals surface area contributed by atoms with Gasteiger partial charge in [0.1, 0.15) is 0 Å². The number of methoxy groups -OCH3 is 1.